The number of amides is 2. The summed E-state index contributed by atoms with van der Waals surface area (Å²) in [5.74, 6) is 0.539. The van der Waals surface area contributed by atoms with Gasteiger partial charge in [-0.2, -0.15) is 0 Å². The van der Waals surface area contributed by atoms with Gasteiger partial charge in [-0.1, -0.05) is 12.1 Å². The summed E-state index contributed by atoms with van der Waals surface area (Å²) in [5.41, 5.74) is 0.342. The molecule has 0 unspecified atom stereocenters. The second-order valence-electron chi connectivity index (χ2n) is 8.64. The van der Waals surface area contributed by atoms with Crippen molar-refractivity contribution in [3.05, 3.63) is 29.8 Å². The summed E-state index contributed by atoms with van der Waals surface area (Å²) in [6.45, 7) is 2.40. The predicted molar refractivity (Wildman–Crippen MR) is 107 cm³/mol. The average molecular weight is 402 g/mol. The van der Waals surface area contributed by atoms with Crippen molar-refractivity contribution in [2.24, 2.45) is 5.41 Å². The number of piperidine rings is 1. The Hall–Kier alpha value is -2.12. The highest BCUT2D eigenvalue weighted by molar-refractivity contribution is 5.88. The van der Waals surface area contributed by atoms with Crippen molar-refractivity contribution < 1.29 is 24.2 Å². The number of benzene rings is 1. The molecule has 3 aliphatic heterocycles. The first-order valence-electron chi connectivity index (χ1n) is 10.4. The summed E-state index contributed by atoms with van der Waals surface area (Å²) in [7, 11) is 1.62. The number of nitrogens with zero attached hydrogens (tertiary/aromatic N) is 2. The minimum atomic E-state index is -0.641. The van der Waals surface area contributed by atoms with Gasteiger partial charge in [0.05, 0.1) is 18.1 Å². The van der Waals surface area contributed by atoms with Gasteiger partial charge in [0, 0.05) is 32.8 Å². The van der Waals surface area contributed by atoms with Crippen LogP contribution < -0.4 is 4.74 Å². The summed E-state index contributed by atoms with van der Waals surface area (Å²) in [6, 6.07) is 7.74. The van der Waals surface area contributed by atoms with E-state index >= 15 is 0 Å². The average Bonchev–Trinajstić information content (AvgIpc) is 3.18. The number of carbonyl (C=O) groups is 2. The van der Waals surface area contributed by atoms with Crippen LogP contribution in [0.15, 0.2) is 24.3 Å². The van der Waals surface area contributed by atoms with Gasteiger partial charge in [-0.3, -0.25) is 9.59 Å². The Balaban J connectivity index is 1.49. The normalized spacial score (nSPS) is 22.4. The van der Waals surface area contributed by atoms with E-state index in [4.69, 9.17) is 9.47 Å². The fourth-order valence-electron chi connectivity index (χ4n) is 5.06. The summed E-state index contributed by atoms with van der Waals surface area (Å²) in [6.07, 6.45) is 4.51. The Bertz CT molecular complexity index is 758. The van der Waals surface area contributed by atoms with Gasteiger partial charge in [-0.15, -0.1) is 0 Å². The molecule has 3 saturated heterocycles. The molecule has 0 bridgehead atoms. The van der Waals surface area contributed by atoms with Gasteiger partial charge in [-0.05, 0) is 49.8 Å². The standard InChI is InChI=1S/C22H30N2O5/c1-28-18-5-2-4-17(12-18)13-21(15-24(16-21)19(26)14-25)20(27)23-9-7-22(8-10-23)6-3-11-29-22/h2,4-5,12,25H,3,6-11,13-16H2,1H3. The molecular weight excluding hydrogens is 372 g/mol. The lowest BCUT2D eigenvalue weighted by Gasteiger charge is -2.52. The second kappa shape index (κ2) is 7.95. The third-order valence-corrected chi connectivity index (χ3v) is 6.75. The first-order chi connectivity index (χ1) is 14.0. The predicted octanol–water partition coefficient (Wildman–Crippen LogP) is 1.23. The second-order valence-corrected chi connectivity index (χ2v) is 8.64. The van der Waals surface area contributed by atoms with E-state index in [2.05, 4.69) is 0 Å². The molecule has 0 radical (unpaired) electrons. The topological polar surface area (TPSA) is 79.3 Å². The van der Waals surface area contributed by atoms with Crippen molar-refractivity contribution in [1.82, 2.24) is 9.80 Å². The van der Waals surface area contributed by atoms with Gasteiger partial charge in [0.25, 0.3) is 0 Å². The molecule has 2 amide bonds. The molecule has 3 fully saturated rings. The lowest BCUT2D eigenvalue weighted by atomic mass is 9.72. The van der Waals surface area contributed by atoms with Gasteiger partial charge in [0.15, 0.2) is 0 Å². The molecule has 3 aliphatic rings. The van der Waals surface area contributed by atoms with Crippen LogP contribution in [0.2, 0.25) is 0 Å². The van der Waals surface area contributed by atoms with Crippen LogP contribution in [0.4, 0.5) is 0 Å². The van der Waals surface area contributed by atoms with Gasteiger partial charge in [0.1, 0.15) is 12.4 Å². The first-order valence-corrected chi connectivity index (χ1v) is 10.4. The van der Waals surface area contributed by atoms with Crippen molar-refractivity contribution in [2.45, 2.75) is 37.7 Å². The zero-order valence-corrected chi connectivity index (χ0v) is 17.1. The van der Waals surface area contributed by atoms with Crippen molar-refractivity contribution in [3.63, 3.8) is 0 Å². The molecule has 158 valence electrons. The molecule has 4 rings (SSSR count). The molecule has 7 heteroatoms. The highest BCUT2D eigenvalue weighted by Crippen LogP contribution is 2.40. The molecule has 1 spiro atoms. The van der Waals surface area contributed by atoms with E-state index in [0.717, 1.165) is 43.6 Å². The number of methoxy groups -OCH3 is 1. The Morgan fingerprint density at radius 1 is 1.17 bits per heavy atom. The van der Waals surface area contributed by atoms with E-state index in [-0.39, 0.29) is 17.4 Å². The Morgan fingerprint density at radius 3 is 2.55 bits per heavy atom. The van der Waals surface area contributed by atoms with E-state index in [0.29, 0.717) is 32.6 Å². The van der Waals surface area contributed by atoms with Crippen LogP contribution in [0, 0.1) is 5.41 Å². The maximum absolute atomic E-state index is 13.6. The third kappa shape index (κ3) is 3.85. The highest BCUT2D eigenvalue weighted by Gasteiger charge is 2.53. The van der Waals surface area contributed by atoms with E-state index in [9.17, 15) is 14.7 Å². The number of ether oxygens (including phenoxy) is 2. The molecule has 29 heavy (non-hydrogen) atoms. The molecule has 7 nitrogen and oxygen atoms in total. The first kappa shape index (κ1) is 20.2. The molecule has 1 N–H and O–H groups in total. The Morgan fingerprint density at radius 2 is 1.93 bits per heavy atom. The summed E-state index contributed by atoms with van der Waals surface area (Å²) < 4.78 is 11.3. The molecule has 0 aliphatic carbocycles. The van der Waals surface area contributed by atoms with Gasteiger partial charge in [0.2, 0.25) is 11.8 Å². The monoisotopic (exact) mass is 402 g/mol. The number of hydrogen-bond donors (Lipinski definition) is 1. The van der Waals surface area contributed by atoms with Gasteiger partial charge in [-0.25, -0.2) is 0 Å². The minimum absolute atomic E-state index is 0.0325. The van der Waals surface area contributed by atoms with Gasteiger partial charge >= 0.3 is 0 Å². The van der Waals surface area contributed by atoms with E-state index in [1.54, 1.807) is 12.0 Å². The molecule has 0 aromatic heterocycles. The van der Waals surface area contributed by atoms with Crippen molar-refractivity contribution in [2.75, 3.05) is 46.5 Å². The number of aliphatic hydroxyl groups is 1. The lowest BCUT2D eigenvalue weighted by molar-refractivity contribution is -0.165. The Labute approximate surface area is 171 Å². The van der Waals surface area contributed by atoms with Crippen LogP contribution in [0.1, 0.15) is 31.2 Å². The summed E-state index contributed by atoms with van der Waals surface area (Å²) >= 11 is 0. The number of rotatable bonds is 5. The van der Waals surface area contributed by atoms with Crippen molar-refractivity contribution in [1.29, 1.82) is 0 Å². The highest BCUT2D eigenvalue weighted by atomic mass is 16.5. The maximum Gasteiger partial charge on any atom is 0.248 e. The summed E-state index contributed by atoms with van der Waals surface area (Å²) in [4.78, 5) is 29.0. The molecule has 3 heterocycles. The van der Waals surface area contributed by atoms with Crippen LogP contribution in [-0.2, 0) is 20.7 Å². The quantitative estimate of drug-likeness (QED) is 0.802. The lowest BCUT2D eigenvalue weighted by Crippen LogP contribution is -2.67. The fraction of sp³-hybridized carbons (Fsp3) is 0.636. The van der Waals surface area contributed by atoms with Crippen LogP contribution >= 0.6 is 0 Å². The number of likely N-dealkylation sites (tertiary alicyclic amines) is 2. The van der Waals surface area contributed by atoms with Crippen LogP contribution in [0.3, 0.4) is 0 Å². The van der Waals surface area contributed by atoms with Crippen LogP contribution in [0.25, 0.3) is 0 Å². The SMILES string of the molecule is COc1cccc(CC2(C(=O)N3CCC4(CCCO4)CC3)CN(C(=O)CO)C2)c1. The molecule has 1 aromatic rings. The van der Waals surface area contributed by atoms with Crippen molar-refractivity contribution >= 4 is 11.8 Å². The zero-order valence-electron chi connectivity index (χ0n) is 17.1. The number of aliphatic hydroxyl groups excluding tert-OH is 1. The molecular formula is C22H30N2O5. The zero-order chi connectivity index (χ0) is 20.5. The molecule has 0 atom stereocenters. The Kier molecular flexibility index (Phi) is 5.53. The molecule has 0 saturated carbocycles. The van der Waals surface area contributed by atoms with Crippen LogP contribution in [0.5, 0.6) is 5.75 Å². The minimum Gasteiger partial charge on any atom is -0.497 e. The largest absolute Gasteiger partial charge is 0.497 e. The fourth-order valence-corrected chi connectivity index (χ4v) is 5.06. The van der Waals surface area contributed by atoms with E-state index in [1.165, 1.54) is 0 Å². The van der Waals surface area contributed by atoms with Gasteiger partial charge < -0.3 is 24.4 Å². The third-order valence-electron chi connectivity index (χ3n) is 6.75. The number of carbonyl (C=O) groups excluding carboxylic acids is 2. The summed E-state index contributed by atoms with van der Waals surface area (Å²) in [5, 5.41) is 9.19. The van der Waals surface area contributed by atoms with Crippen LogP contribution in [-0.4, -0.2) is 78.8 Å². The van der Waals surface area contributed by atoms with E-state index < -0.39 is 12.0 Å². The van der Waals surface area contributed by atoms with Crippen molar-refractivity contribution in [3.8, 4) is 5.75 Å². The van der Waals surface area contributed by atoms with E-state index in [1.807, 2.05) is 29.2 Å². The molecule has 1 aromatic carbocycles. The number of hydrogen-bond acceptors (Lipinski definition) is 5. The smallest absolute Gasteiger partial charge is 0.248 e. The maximum atomic E-state index is 13.6.